The SMILES string of the molecule is CCn1c(C(O)C(F)(F)F)nn(-c2cc(OC(C)C(F)(F)F)c(C(=O)Nc3c(C)ccnc3OC)cc2F)c1=O. The minimum absolute atomic E-state index is 0.0120. The van der Waals surface area contributed by atoms with Gasteiger partial charge in [-0.15, -0.1) is 5.10 Å². The summed E-state index contributed by atoms with van der Waals surface area (Å²) in [5, 5.41) is 15.4. The maximum atomic E-state index is 15.3. The Morgan fingerprint density at radius 2 is 1.82 bits per heavy atom. The number of pyridine rings is 1. The number of ether oxygens (including phenoxy) is 2. The average molecular weight is 581 g/mol. The predicted molar refractivity (Wildman–Crippen MR) is 124 cm³/mol. The molecule has 2 atom stereocenters. The predicted octanol–water partition coefficient (Wildman–Crippen LogP) is 4.08. The van der Waals surface area contributed by atoms with Crippen molar-refractivity contribution in [2.75, 3.05) is 12.4 Å². The number of aromatic nitrogens is 4. The second-order valence-electron chi connectivity index (χ2n) is 8.31. The molecule has 0 aliphatic rings. The van der Waals surface area contributed by atoms with Gasteiger partial charge in [0.05, 0.1) is 12.7 Å². The van der Waals surface area contributed by atoms with Crippen molar-refractivity contribution in [2.24, 2.45) is 0 Å². The summed E-state index contributed by atoms with van der Waals surface area (Å²) in [7, 11) is 1.24. The number of benzene rings is 1. The molecule has 218 valence electrons. The Hall–Kier alpha value is -4.15. The van der Waals surface area contributed by atoms with Crippen LogP contribution in [-0.2, 0) is 6.54 Å². The van der Waals surface area contributed by atoms with Gasteiger partial charge in [0.1, 0.15) is 22.9 Å². The molecule has 17 heteroatoms. The Balaban J connectivity index is 2.20. The van der Waals surface area contributed by atoms with E-state index >= 15 is 4.39 Å². The maximum absolute atomic E-state index is 15.3. The molecule has 3 aromatic rings. The lowest BCUT2D eigenvalue weighted by atomic mass is 10.1. The summed E-state index contributed by atoms with van der Waals surface area (Å²) in [5.41, 5.74) is -2.61. The number of aliphatic hydroxyl groups is 1. The molecule has 0 spiro atoms. The van der Waals surface area contributed by atoms with Crippen LogP contribution in [0.3, 0.4) is 0 Å². The lowest BCUT2D eigenvalue weighted by Gasteiger charge is -2.21. The van der Waals surface area contributed by atoms with Gasteiger partial charge in [-0.2, -0.15) is 31.0 Å². The van der Waals surface area contributed by atoms with E-state index in [4.69, 9.17) is 9.47 Å². The Morgan fingerprint density at radius 1 is 1.18 bits per heavy atom. The minimum Gasteiger partial charge on any atom is -0.480 e. The van der Waals surface area contributed by atoms with Gasteiger partial charge in [0.25, 0.3) is 5.91 Å². The highest BCUT2D eigenvalue weighted by molar-refractivity contribution is 6.07. The molecule has 0 radical (unpaired) electrons. The number of aryl methyl sites for hydroxylation is 1. The summed E-state index contributed by atoms with van der Waals surface area (Å²) in [6.07, 6.45) is -14.6. The number of hydrogen-bond donors (Lipinski definition) is 2. The van der Waals surface area contributed by atoms with E-state index in [-0.39, 0.29) is 16.2 Å². The molecular weight excluding hydrogens is 559 g/mol. The van der Waals surface area contributed by atoms with Crippen LogP contribution in [0.4, 0.5) is 36.4 Å². The van der Waals surface area contributed by atoms with E-state index in [1.807, 2.05) is 0 Å². The number of halogens is 7. The average Bonchev–Trinajstić information content (AvgIpc) is 3.19. The fourth-order valence-electron chi connectivity index (χ4n) is 3.47. The highest BCUT2D eigenvalue weighted by Crippen LogP contribution is 2.34. The van der Waals surface area contributed by atoms with Gasteiger partial charge >= 0.3 is 18.0 Å². The summed E-state index contributed by atoms with van der Waals surface area (Å²) < 4.78 is 105. The van der Waals surface area contributed by atoms with Gasteiger partial charge in [-0.1, -0.05) is 0 Å². The van der Waals surface area contributed by atoms with Gasteiger partial charge < -0.3 is 19.9 Å². The zero-order chi connectivity index (χ0) is 30.2. The summed E-state index contributed by atoms with van der Waals surface area (Å²) in [6.45, 7) is 2.97. The van der Waals surface area contributed by atoms with Gasteiger partial charge in [0.15, 0.2) is 11.9 Å². The third-order valence-electron chi connectivity index (χ3n) is 5.60. The first-order valence-corrected chi connectivity index (χ1v) is 11.3. The third kappa shape index (κ3) is 6.03. The normalized spacial score (nSPS) is 13.6. The number of carbonyl (C=O) groups excluding carboxylic acids is 1. The number of methoxy groups -OCH3 is 1. The number of aliphatic hydroxyl groups excluding tert-OH is 1. The highest BCUT2D eigenvalue weighted by Gasteiger charge is 2.44. The lowest BCUT2D eigenvalue weighted by Crippen LogP contribution is -2.32. The molecular formula is C23H22F7N5O5. The highest BCUT2D eigenvalue weighted by atomic mass is 19.4. The van der Waals surface area contributed by atoms with E-state index in [0.29, 0.717) is 29.2 Å². The first-order chi connectivity index (χ1) is 18.5. The van der Waals surface area contributed by atoms with Crippen LogP contribution in [0.2, 0.25) is 0 Å². The monoisotopic (exact) mass is 581 g/mol. The minimum atomic E-state index is -5.25. The zero-order valence-electron chi connectivity index (χ0n) is 21.2. The van der Waals surface area contributed by atoms with Gasteiger partial charge in [-0.3, -0.25) is 9.36 Å². The van der Waals surface area contributed by atoms with E-state index in [1.165, 1.54) is 26.3 Å². The molecule has 3 rings (SSSR count). The second kappa shape index (κ2) is 11.1. The quantitative estimate of drug-likeness (QED) is 0.385. The first-order valence-electron chi connectivity index (χ1n) is 11.3. The van der Waals surface area contributed by atoms with Crippen LogP contribution in [0, 0.1) is 12.7 Å². The molecule has 2 aromatic heterocycles. The summed E-state index contributed by atoms with van der Waals surface area (Å²) in [5.74, 6) is -4.72. The molecule has 40 heavy (non-hydrogen) atoms. The number of nitrogens with one attached hydrogen (secondary N) is 1. The van der Waals surface area contributed by atoms with Crippen LogP contribution in [0.15, 0.2) is 29.2 Å². The molecule has 0 saturated heterocycles. The van der Waals surface area contributed by atoms with Crippen LogP contribution in [-0.4, -0.2) is 55.9 Å². The Kier molecular flexibility index (Phi) is 8.47. The molecule has 0 saturated carbocycles. The molecule has 2 unspecified atom stereocenters. The van der Waals surface area contributed by atoms with E-state index in [2.05, 4.69) is 15.4 Å². The number of carbonyl (C=O) groups is 1. The molecule has 0 aliphatic carbocycles. The van der Waals surface area contributed by atoms with Crippen molar-refractivity contribution in [1.82, 2.24) is 19.3 Å². The van der Waals surface area contributed by atoms with Crippen molar-refractivity contribution in [2.45, 2.75) is 51.9 Å². The Morgan fingerprint density at radius 3 is 2.38 bits per heavy atom. The standard InChI is InChI=1S/C23H22F7N5O5/c1-5-34-18(17(36)23(28,29)30)33-35(21(34)38)14-9-15(40-11(3)22(25,26)27)12(8-13(14)24)19(37)32-16-10(2)6-7-31-20(16)39-4/h6-9,11,17,36H,5H2,1-4H3,(H,32,37). The zero-order valence-corrected chi connectivity index (χ0v) is 21.2. The van der Waals surface area contributed by atoms with Gasteiger partial charge in [-0.25, -0.2) is 14.2 Å². The van der Waals surface area contributed by atoms with Crippen LogP contribution >= 0.6 is 0 Å². The first kappa shape index (κ1) is 30.4. The van der Waals surface area contributed by atoms with Crippen LogP contribution in [0.5, 0.6) is 11.6 Å². The van der Waals surface area contributed by atoms with Crippen LogP contribution < -0.4 is 20.5 Å². The molecule has 1 amide bonds. The van der Waals surface area contributed by atoms with Crippen LogP contribution in [0.25, 0.3) is 5.69 Å². The molecule has 10 nitrogen and oxygen atoms in total. The third-order valence-corrected chi connectivity index (χ3v) is 5.60. The summed E-state index contributed by atoms with van der Waals surface area (Å²) >= 11 is 0. The molecule has 0 bridgehead atoms. The van der Waals surface area contributed by atoms with E-state index in [0.717, 1.165) is 0 Å². The number of nitrogens with zero attached hydrogens (tertiary/aromatic N) is 4. The van der Waals surface area contributed by atoms with Gasteiger partial charge in [0.2, 0.25) is 12.0 Å². The maximum Gasteiger partial charge on any atom is 0.425 e. The molecule has 0 fully saturated rings. The second-order valence-corrected chi connectivity index (χ2v) is 8.31. The molecule has 2 heterocycles. The van der Waals surface area contributed by atoms with Crippen molar-refractivity contribution < 1.29 is 50.1 Å². The Bertz CT molecular complexity index is 1470. The number of alkyl halides is 6. The van der Waals surface area contributed by atoms with E-state index < -0.39 is 71.3 Å². The topological polar surface area (TPSA) is 120 Å². The lowest BCUT2D eigenvalue weighted by molar-refractivity contribution is -0.210. The van der Waals surface area contributed by atoms with Crippen molar-refractivity contribution >= 4 is 11.6 Å². The number of hydrogen-bond acceptors (Lipinski definition) is 7. The Labute approximate surface area is 221 Å². The van der Waals surface area contributed by atoms with Gasteiger partial charge in [-0.05, 0) is 38.5 Å². The summed E-state index contributed by atoms with van der Waals surface area (Å²) in [4.78, 5) is 29.8. The summed E-state index contributed by atoms with van der Waals surface area (Å²) in [6, 6.07) is 2.42. The largest absolute Gasteiger partial charge is 0.480 e. The molecule has 1 aromatic carbocycles. The van der Waals surface area contributed by atoms with E-state index in [1.54, 1.807) is 6.92 Å². The van der Waals surface area contributed by atoms with Crippen molar-refractivity contribution in [3.05, 3.63) is 57.6 Å². The number of amides is 1. The number of anilines is 1. The fourth-order valence-corrected chi connectivity index (χ4v) is 3.47. The molecule has 2 N–H and O–H groups in total. The van der Waals surface area contributed by atoms with Crippen LogP contribution in [0.1, 0.15) is 41.7 Å². The molecule has 0 aliphatic heterocycles. The smallest absolute Gasteiger partial charge is 0.425 e. The van der Waals surface area contributed by atoms with Crippen molar-refractivity contribution in [3.8, 4) is 17.3 Å². The van der Waals surface area contributed by atoms with Gasteiger partial charge in [0, 0.05) is 18.8 Å². The van der Waals surface area contributed by atoms with E-state index in [9.17, 15) is 41.0 Å². The van der Waals surface area contributed by atoms with Crippen molar-refractivity contribution in [3.63, 3.8) is 0 Å². The number of rotatable bonds is 8. The fraction of sp³-hybridized carbons (Fsp3) is 0.391. The van der Waals surface area contributed by atoms with Crippen molar-refractivity contribution in [1.29, 1.82) is 0 Å².